The maximum Gasteiger partial charge on any atom is 0.141 e. The Labute approximate surface area is 109 Å². The van der Waals surface area contributed by atoms with E-state index in [9.17, 15) is 5.11 Å². The number of aryl methyl sites for hydroxylation is 1. The van der Waals surface area contributed by atoms with Crippen molar-refractivity contribution < 1.29 is 9.84 Å². The lowest BCUT2D eigenvalue weighted by Crippen LogP contribution is -2.23. The van der Waals surface area contributed by atoms with E-state index in [1.54, 1.807) is 7.11 Å². The fraction of sp³-hybridized carbons (Fsp3) is 0.600. The molecule has 3 heteroatoms. The number of methoxy groups -OCH3 is 1. The highest BCUT2D eigenvalue weighted by molar-refractivity contribution is 5.57. The van der Waals surface area contributed by atoms with Gasteiger partial charge in [0.25, 0.3) is 0 Å². The second-order valence-corrected chi connectivity index (χ2v) is 5.26. The average Bonchev–Trinajstić information content (AvgIpc) is 2.38. The van der Waals surface area contributed by atoms with E-state index in [1.807, 2.05) is 6.07 Å². The maximum absolute atomic E-state index is 9.49. The van der Waals surface area contributed by atoms with E-state index in [1.165, 1.54) is 5.56 Å². The predicted octanol–water partition coefficient (Wildman–Crippen LogP) is 2.97. The Bertz CT molecular complexity index is 384. The second-order valence-electron chi connectivity index (χ2n) is 5.26. The molecule has 100 valence electrons. The predicted molar refractivity (Wildman–Crippen MR) is 74.2 cm³/mol. The van der Waals surface area contributed by atoms with Crippen LogP contribution in [0.25, 0.3) is 0 Å². The van der Waals surface area contributed by atoms with Gasteiger partial charge in [-0.25, -0.2) is 0 Å². The number of hydrogen-bond donors (Lipinski definition) is 2. The molecule has 1 aliphatic rings. The Morgan fingerprint density at radius 2 is 2.00 bits per heavy atom. The van der Waals surface area contributed by atoms with Crippen molar-refractivity contribution in [2.75, 3.05) is 19.0 Å². The zero-order chi connectivity index (χ0) is 13.0. The van der Waals surface area contributed by atoms with E-state index in [0.29, 0.717) is 5.92 Å². The van der Waals surface area contributed by atoms with Gasteiger partial charge in [-0.05, 0) is 56.2 Å². The van der Waals surface area contributed by atoms with Gasteiger partial charge in [-0.3, -0.25) is 0 Å². The third-order valence-electron chi connectivity index (χ3n) is 3.75. The molecule has 0 amide bonds. The zero-order valence-corrected chi connectivity index (χ0v) is 11.3. The highest BCUT2D eigenvalue weighted by atomic mass is 16.5. The summed E-state index contributed by atoms with van der Waals surface area (Å²) < 4.78 is 5.35. The van der Waals surface area contributed by atoms with E-state index < -0.39 is 0 Å². The van der Waals surface area contributed by atoms with Crippen molar-refractivity contribution in [2.24, 2.45) is 5.92 Å². The fourth-order valence-corrected chi connectivity index (χ4v) is 2.56. The average molecular weight is 249 g/mol. The van der Waals surface area contributed by atoms with Gasteiger partial charge in [0.15, 0.2) is 0 Å². The first-order chi connectivity index (χ1) is 8.69. The lowest BCUT2D eigenvalue weighted by molar-refractivity contribution is 0.111. The van der Waals surface area contributed by atoms with Crippen LogP contribution in [0.1, 0.15) is 31.2 Å². The Hall–Kier alpha value is -1.22. The molecule has 0 heterocycles. The van der Waals surface area contributed by atoms with Gasteiger partial charge in [-0.1, -0.05) is 6.07 Å². The summed E-state index contributed by atoms with van der Waals surface area (Å²) in [6.07, 6.45) is 4.04. The number of anilines is 1. The quantitative estimate of drug-likeness (QED) is 0.862. The molecule has 0 atom stereocenters. The van der Waals surface area contributed by atoms with Crippen molar-refractivity contribution in [2.45, 2.75) is 38.7 Å². The topological polar surface area (TPSA) is 41.5 Å². The molecule has 0 bridgehead atoms. The van der Waals surface area contributed by atoms with E-state index >= 15 is 0 Å². The summed E-state index contributed by atoms with van der Waals surface area (Å²) in [5.74, 6) is 1.56. The molecule has 1 aliphatic carbocycles. The van der Waals surface area contributed by atoms with Gasteiger partial charge >= 0.3 is 0 Å². The molecular weight excluding hydrogens is 226 g/mol. The minimum Gasteiger partial charge on any atom is -0.495 e. The lowest BCUT2D eigenvalue weighted by Gasteiger charge is -2.26. The normalized spacial score (nSPS) is 23.7. The summed E-state index contributed by atoms with van der Waals surface area (Å²) in [6, 6.07) is 6.18. The third-order valence-corrected chi connectivity index (χ3v) is 3.75. The van der Waals surface area contributed by atoms with Gasteiger partial charge in [-0.15, -0.1) is 0 Å². The molecule has 2 rings (SSSR count). The molecule has 0 unspecified atom stereocenters. The highest BCUT2D eigenvalue weighted by Gasteiger charge is 2.19. The molecule has 1 fully saturated rings. The van der Waals surface area contributed by atoms with Crippen LogP contribution in [0.15, 0.2) is 18.2 Å². The van der Waals surface area contributed by atoms with Crippen LogP contribution >= 0.6 is 0 Å². The summed E-state index contributed by atoms with van der Waals surface area (Å²) in [4.78, 5) is 0. The molecule has 0 radical (unpaired) electrons. The molecule has 1 aromatic carbocycles. The molecule has 1 aromatic rings. The van der Waals surface area contributed by atoms with Gasteiger partial charge in [0.05, 0.1) is 18.9 Å². The van der Waals surface area contributed by atoms with Gasteiger partial charge in [0.2, 0.25) is 0 Å². The molecule has 18 heavy (non-hydrogen) atoms. The van der Waals surface area contributed by atoms with Crippen molar-refractivity contribution in [1.82, 2.24) is 0 Å². The number of hydrogen-bond acceptors (Lipinski definition) is 3. The number of aliphatic hydroxyl groups is 1. The minimum absolute atomic E-state index is 0.0743. The van der Waals surface area contributed by atoms with E-state index in [4.69, 9.17) is 4.74 Å². The molecule has 0 aliphatic heterocycles. The Kier molecular flexibility index (Phi) is 4.48. The van der Waals surface area contributed by atoms with Crippen molar-refractivity contribution >= 4 is 5.69 Å². The van der Waals surface area contributed by atoms with Gasteiger partial charge in [0.1, 0.15) is 5.75 Å². The van der Waals surface area contributed by atoms with Gasteiger partial charge < -0.3 is 15.2 Å². The van der Waals surface area contributed by atoms with E-state index in [0.717, 1.165) is 43.7 Å². The van der Waals surface area contributed by atoms with Crippen LogP contribution in [-0.4, -0.2) is 24.9 Å². The zero-order valence-electron chi connectivity index (χ0n) is 11.3. The van der Waals surface area contributed by atoms with Crippen LogP contribution in [0.2, 0.25) is 0 Å². The third kappa shape index (κ3) is 3.39. The summed E-state index contributed by atoms with van der Waals surface area (Å²) in [5.41, 5.74) is 2.31. The molecule has 1 saturated carbocycles. The SMILES string of the molecule is COc1ccc(C)cc1NCC1CCC(O)CC1. The van der Waals surface area contributed by atoms with Crippen LogP contribution in [0.3, 0.4) is 0 Å². The number of ether oxygens (including phenoxy) is 1. The Morgan fingerprint density at radius 3 is 2.67 bits per heavy atom. The standard InChI is InChI=1S/C15H23NO2/c1-11-3-8-15(18-2)14(9-11)16-10-12-4-6-13(17)7-5-12/h3,8-9,12-13,16-17H,4-7,10H2,1-2H3. The summed E-state index contributed by atoms with van der Waals surface area (Å²) in [5, 5.41) is 13.0. The first-order valence-electron chi connectivity index (χ1n) is 6.75. The number of nitrogens with one attached hydrogen (secondary N) is 1. The monoisotopic (exact) mass is 249 g/mol. The smallest absolute Gasteiger partial charge is 0.141 e. The highest BCUT2D eigenvalue weighted by Crippen LogP contribution is 2.28. The second kappa shape index (κ2) is 6.10. The Morgan fingerprint density at radius 1 is 1.28 bits per heavy atom. The summed E-state index contributed by atoms with van der Waals surface area (Å²) in [7, 11) is 1.70. The number of aliphatic hydroxyl groups excluding tert-OH is 1. The number of rotatable bonds is 4. The summed E-state index contributed by atoms with van der Waals surface area (Å²) >= 11 is 0. The van der Waals surface area contributed by atoms with Crippen molar-refractivity contribution in [1.29, 1.82) is 0 Å². The number of benzene rings is 1. The van der Waals surface area contributed by atoms with Crippen LogP contribution < -0.4 is 10.1 Å². The molecule has 0 aromatic heterocycles. The van der Waals surface area contributed by atoms with Crippen LogP contribution in [-0.2, 0) is 0 Å². The van der Waals surface area contributed by atoms with Crippen molar-refractivity contribution in [3.05, 3.63) is 23.8 Å². The van der Waals surface area contributed by atoms with Crippen LogP contribution in [0.4, 0.5) is 5.69 Å². The Balaban J connectivity index is 1.91. The maximum atomic E-state index is 9.49. The molecule has 0 saturated heterocycles. The van der Waals surface area contributed by atoms with Gasteiger partial charge in [-0.2, -0.15) is 0 Å². The fourth-order valence-electron chi connectivity index (χ4n) is 2.56. The molecular formula is C15H23NO2. The minimum atomic E-state index is -0.0743. The van der Waals surface area contributed by atoms with E-state index in [-0.39, 0.29) is 6.10 Å². The van der Waals surface area contributed by atoms with Crippen molar-refractivity contribution in [3.63, 3.8) is 0 Å². The largest absolute Gasteiger partial charge is 0.495 e. The molecule has 2 N–H and O–H groups in total. The first-order valence-corrected chi connectivity index (χ1v) is 6.75. The molecule has 0 spiro atoms. The first kappa shape index (κ1) is 13.2. The van der Waals surface area contributed by atoms with E-state index in [2.05, 4.69) is 24.4 Å². The lowest BCUT2D eigenvalue weighted by atomic mass is 9.87. The molecule has 3 nitrogen and oxygen atoms in total. The van der Waals surface area contributed by atoms with Crippen LogP contribution in [0, 0.1) is 12.8 Å². The van der Waals surface area contributed by atoms with Crippen LogP contribution in [0.5, 0.6) is 5.75 Å². The van der Waals surface area contributed by atoms with Crippen molar-refractivity contribution in [3.8, 4) is 5.75 Å². The summed E-state index contributed by atoms with van der Waals surface area (Å²) in [6.45, 7) is 3.05. The van der Waals surface area contributed by atoms with Gasteiger partial charge in [0, 0.05) is 6.54 Å².